The lowest BCUT2D eigenvalue weighted by molar-refractivity contribution is -0.122. The van der Waals surface area contributed by atoms with Gasteiger partial charge in [-0.2, -0.15) is 0 Å². The molecular weight excluding hydrogens is 408 g/mol. The van der Waals surface area contributed by atoms with E-state index in [9.17, 15) is 19.2 Å². The molecule has 1 saturated heterocycles. The van der Waals surface area contributed by atoms with Gasteiger partial charge in [-0.3, -0.25) is 19.3 Å². The summed E-state index contributed by atoms with van der Waals surface area (Å²) in [7, 11) is 0. The Morgan fingerprint density at radius 3 is 2.22 bits per heavy atom. The Hall–Kier alpha value is -3.48. The van der Waals surface area contributed by atoms with E-state index in [0.29, 0.717) is 11.4 Å². The first-order chi connectivity index (χ1) is 15.3. The van der Waals surface area contributed by atoms with E-state index < -0.39 is 18.5 Å². The number of carbonyl (C=O) groups is 4. The number of benzene rings is 2. The van der Waals surface area contributed by atoms with Gasteiger partial charge in [0.05, 0.1) is 23.1 Å². The molecule has 1 N–H and O–H groups in total. The predicted octanol–water partition coefficient (Wildman–Crippen LogP) is 3.78. The van der Waals surface area contributed by atoms with Gasteiger partial charge in [0.2, 0.25) is 11.8 Å². The Kier molecular flexibility index (Phi) is 6.08. The predicted molar refractivity (Wildman–Crippen MR) is 119 cm³/mol. The first-order valence-electron chi connectivity index (χ1n) is 10.9. The molecule has 2 aromatic carbocycles. The Balaban J connectivity index is 1.41. The fourth-order valence-electron chi connectivity index (χ4n) is 4.65. The monoisotopic (exact) mass is 434 g/mol. The molecule has 0 unspecified atom stereocenters. The van der Waals surface area contributed by atoms with Crippen molar-refractivity contribution < 1.29 is 23.9 Å². The van der Waals surface area contributed by atoms with Crippen molar-refractivity contribution in [1.82, 2.24) is 0 Å². The van der Waals surface area contributed by atoms with Crippen molar-refractivity contribution in [2.75, 3.05) is 16.8 Å². The molecule has 2 aromatic rings. The van der Waals surface area contributed by atoms with E-state index in [1.807, 2.05) is 32.0 Å². The Morgan fingerprint density at radius 2 is 1.59 bits per heavy atom. The average molecular weight is 434 g/mol. The smallest absolute Gasteiger partial charge is 0.338 e. The maximum atomic E-state index is 12.8. The molecule has 3 amide bonds. The molecule has 0 radical (unpaired) electrons. The van der Waals surface area contributed by atoms with Crippen LogP contribution in [0.15, 0.2) is 42.5 Å². The number of imide groups is 1. The van der Waals surface area contributed by atoms with Crippen molar-refractivity contribution in [2.45, 2.75) is 39.5 Å². The summed E-state index contributed by atoms with van der Waals surface area (Å²) in [5, 5.41) is 2.71. The molecule has 166 valence electrons. The fourth-order valence-corrected chi connectivity index (χ4v) is 4.65. The van der Waals surface area contributed by atoms with Gasteiger partial charge in [-0.15, -0.1) is 0 Å². The van der Waals surface area contributed by atoms with Crippen molar-refractivity contribution in [2.24, 2.45) is 11.8 Å². The van der Waals surface area contributed by atoms with Crippen LogP contribution in [0.25, 0.3) is 0 Å². The third-order valence-electron chi connectivity index (χ3n) is 6.02. The Labute approximate surface area is 186 Å². The molecule has 32 heavy (non-hydrogen) atoms. The van der Waals surface area contributed by atoms with Crippen molar-refractivity contribution in [3.05, 3.63) is 59.2 Å². The zero-order valence-electron chi connectivity index (χ0n) is 18.2. The summed E-state index contributed by atoms with van der Waals surface area (Å²) in [6.07, 6.45) is 3.35. The largest absolute Gasteiger partial charge is 0.452 e. The first kappa shape index (κ1) is 21.7. The van der Waals surface area contributed by atoms with Crippen LogP contribution >= 0.6 is 0 Å². The Morgan fingerprint density at radius 1 is 0.969 bits per heavy atom. The van der Waals surface area contributed by atoms with Crippen molar-refractivity contribution in [3.63, 3.8) is 0 Å². The number of rotatable bonds is 5. The lowest BCUT2D eigenvalue weighted by Crippen LogP contribution is -2.31. The molecule has 2 atom stereocenters. The number of hydrogen-bond donors (Lipinski definition) is 1. The molecule has 0 spiro atoms. The molecule has 7 nitrogen and oxygen atoms in total. The van der Waals surface area contributed by atoms with E-state index in [1.54, 1.807) is 12.1 Å². The average Bonchev–Trinajstić information content (AvgIpc) is 3.02. The summed E-state index contributed by atoms with van der Waals surface area (Å²) < 4.78 is 5.15. The molecular formula is C25H26N2O5. The minimum atomic E-state index is -0.695. The van der Waals surface area contributed by atoms with Crippen LogP contribution in [0.1, 0.15) is 47.2 Å². The molecule has 0 aromatic heterocycles. The highest BCUT2D eigenvalue weighted by Crippen LogP contribution is 2.40. The topological polar surface area (TPSA) is 92.8 Å². The highest BCUT2D eigenvalue weighted by atomic mass is 16.5. The van der Waals surface area contributed by atoms with Crippen molar-refractivity contribution in [1.29, 1.82) is 0 Å². The van der Waals surface area contributed by atoms with Crippen LogP contribution in [-0.4, -0.2) is 30.3 Å². The van der Waals surface area contributed by atoms with Gasteiger partial charge >= 0.3 is 5.97 Å². The maximum Gasteiger partial charge on any atom is 0.338 e. The summed E-state index contributed by atoms with van der Waals surface area (Å²) >= 11 is 0. The second-order valence-corrected chi connectivity index (χ2v) is 8.56. The number of aryl methyl sites for hydroxylation is 2. The van der Waals surface area contributed by atoms with E-state index >= 15 is 0 Å². The van der Waals surface area contributed by atoms with E-state index in [1.165, 1.54) is 17.0 Å². The number of ether oxygens (including phenoxy) is 1. The summed E-state index contributed by atoms with van der Waals surface area (Å²) in [4.78, 5) is 51.5. The number of nitrogens with one attached hydrogen (secondary N) is 1. The fraction of sp³-hybridized carbons (Fsp3) is 0.360. The van der Waals surface area contributed by atoms with Crippen LogP contribution in [-0.2, 0) is 19.1 Å². The highest BCUT2D eigenvalue weighted by molar-refractivity contribution is 6.22. The van der Waals surface area contributed by atoms with E-state index in [2.05, 4.69) is 5.32 Å². The number of anilines is 2. The van der Waals surface area contributed by atoms with E-state index in [-0.39, 0.29) is 29.2 Å². The zero-order valence-corrected chi connectivity index (χ0v) is 18.2. The highest BCUT2D eigenvalue weighted by Gasteiger charge is 2.48. The normalized spacial score (nSPS) is 20.1. The molecule has 2 fully saturated rings. The van der Waals surface area contributed by atoms with Gasteiger partial charge in [0, 0.05) is 5.69 Å². The summed E-state index contributed by atoms with van der Waals surface area (Å²) in [6.45, 7) is 3.42. The van der Waals surface area contributed by atoms with Crippen molar-refractivity contribution in [3.8, 4) is 0 Å². The van der Waals surface area contributed by atoms with Gasteiger partial charge in [-0.05, 0) is 68.1 Å². The van der Waals surface area contributed by atoms with Gasteiger partial charge in [0.1, 0.15) is 0 Å². The number of amides is 3. The molecule has 2 aliphatic rings. The second kappa shape index (κ2) is 8.94. The molecule has 7 heteroatoms. The standard InChI is InChI=1S/C25H26N2O5/c1-15-10-16(2)12-18(11-15)26-22(28)14-32-25(31)17-6-5-7-19(13-17)27-23(29)20-8-3-4-9-21(20)24(27)30/h5-7,10-13,20-21H,3-4,8-9,14H2,1-2H3,(H,26,28)/t20-,21-/m1/s1. The van der Waals surface area contributed by atoms with Crippen LogP contribution in [0.3, 0.4) is 0 Å². The quantitative estimate of drug-likeness (QED) is 0.571. The minimum absolute atomic E-state index is 0.178. The number of carbonyl (C=O) groups excluding carboxylic acids is 4. The lowest BCUT2D eigenvalue weighted by atomic mass is 9.81. The lowest BCUT2D eigenvalue weighted by Gasteiger charge is -2.19. The van der Waals surface area contributed by atoms with E-state index in [4.69, 9.17) is 4.74 Å². The molecule has 0 bridgehead atoms. The molecule has 1 heterocycles. The number of esters is 1. The third kappa shape index (κ3) is 4.42. The van der Waals surface area contributed by atoms with Crippen LogP contribution in [0.5, 0.6) is 0 Å². The second-order valence-electron chi connectivity index (χ2n) is 8.56. The van der Waals surface area contributed by atoms with Gasteiger partial charge in [-0.1, -0.05) is 25.0 Å². The van der Waals surface area contributed by atoms with Gasteiger partial charge < -0.3 is 10.1 Å². The van der Waals surface area contributed by atoms with E-state index in [0.717, 1.165) is 36.8 Å². The van der Waals surface area contributed by atoms with Gasteiger partial charge in [-0.25, -0.2) is 4.79 Å². The molecule has 1 aliphatic carbocycles. The summed E-state index contributed by atoms with van der Waals surface area (Å²) in [5.74, 6) is -2.06. The minimum Gasteiger partial charge on any atom is -0.452 e. The first-order valence-corrected chi connectivity index (χ1v) is 10.9. The van der Waals surface area contributed by atoms with Crippen LogP contribution < -0.4 is 10.2 Å². The third-order valence-corrected chi connectivity index (χ3v) is 6.02. The van der Waals surface area contributed by atoms with Gasteiger partial charge in [0.15, 0.2) is 6.61 Å². The number of fused-ring (bicyclic) bond motifs is 1. The summed E-state index contributed by atoms with van der Waals surface area (Å²) in [5.41, 5.74) is 3.21. The maximum absolute atomic E-state index is 12.8. The van der Waals surface area contributed by atoms with Crippen LogP contribution in [0, 0.1) is 25.7 Å². The van der Waals surface area contributed by atoms with Crippen LogP contribution in [0.2, 0.25) is 0 Å². The van der Waals surface area contributed by atoms with Crippen LogP contribution in [0.4, 0.5) is 11.4 Å². The van der Waals surface area contributed by atoms with Crippen molar-refractivity contribution >= 4 is 35.1 Å². The SMILES string of the molecule is Cc1cc(C)cc(NC(=O)COC(=O)c2cccc(N3C(=O)[C@@H]4CCCC[C@H]4C3=O)c2)c1. The van der Waals surface area contributed by atoms with Gasteiger partial charge in [0.25, 0.3) is 5.91 Å². The summed E-state index contributed by atoms with van der Waals surface area (Å²) in [6, 6.07) is 11.9. The molecule has 1 aliphatic heterocycles. The number of nitrogens with zero attached hydrogens (tertiary/aromatic N) is 1. The molecule has 1 saturated carbocycles. The molecule has 4 rings (SSSR count). The Bertz CT molecular complexity index is 1050. The number of hydrogen-bond acceptors (Lipinski definition) is 5. The zero-order chi connectivity index (χ0) is 22.8.